The molecule has 0 heterocycles. The molecule has 1 aromatic carbocycles. The lowest BCUT2D eigenvalue weighted by Gasteiger charge is -2.21. The molecular weight excluding hydrogens is 252 g/mol. The molecule has 0 atom stereocenters. The van der Waals surface area contributed by atoms with Gasteiger partial charge in [0.05, 0.1) is 6.61 Å². The van der Waals surface area contributed by atoms with Gasteiger partial charge in [0, 0.05) is 19.3 Å². The summed E-state index contributed by atoms with van der Waals surface area (Å²) in [5.41, 5.74) is 2.28. The Morgan fingerprint density at radius 2 is 2.10 bits per heavy atom. The van der Waals surface area contributed by atoms with Gasteiger partial charge >= 0.3 is 6.03 Å². The normalized spacial score (nSPS) is 15.0. The number of rotatable bonds is 6. The molecule has 0 aliphatic heterocycles. The number of hydrogen-bond acceptors (Lipinski definition) is 2. The van der Waals surface area contributed by atoms with Gasteiger partial charge < -0.3 is 15.3 Å². The lowest BCUT2D eigenvalue weighted by molar-refractivity contribution is 0.177. The van der Waals surface area contributed by atoms with E-state index in [0.717, 1.165) is 5.56 Å². The predicted octanol–water partition coefficient (Wildman–Crippen LogP) is 2.50. The average Bonchev–Trinajstić information content (AvgIpc) is 3.29. The molecule has 1 aliphatic carbocycles. The number of nitrogens with zero attached hydrogens (tertiary/aromatic N) is 1. The molecule has 2 N–H and O–H groups in total. The van der Waals surface area contributed by atoms with Crippen LogP contribution in [0.2, 0.25) is 0 Å². The summed E-state index contributed by atoms with van der Waals surface area (Å²) in [4.78, 5) is 13.8. The minimum atomic E-state index is -0.164. The zero-order chi connectivity index (χ0) is 14.4. The van der Waals surface area contributed by atoms with E-state index in [1.54, 1.807) is 11.1 Å². The van der Waals surface area contributed by atoms with Crippen LogP contribution in [0.1, 0.15) is 25.3 Å². The third-order valence-corrected chi connectivity index (χ3v) is 3.52. The van der Waals surface area contributed by atoms with Crippen molar-refractivity contribution < 1.29 is 9.90 Å². The first-order valence-electron chi connectivity index (χ1n) is 7.07. The van der Waals surface area contributed by atoms with Crippen molar-refractivity contribution in [3.63, 3.8) is 0 Å². The highest BCUT2D eigenvalue weighted by Gasteiger charge is 2.23. The summed E-state index contributed by atoms with van der Waals surface area (Å²) in [5.74, 6) is 0.649. The van der Waals surface area contributed by atoms with E-state index in [1.807, 2.05) is 37.3 Å². The maximum atomic E-state index is 12.1. The third kappa shape index (κ3) is 4.38. The van der Waals surface area contributed by atoms with Gasteiger partial charge in [-0.1, -0.05) is 35.9 Å². The Hall–Kier alpha value is -1.81. The molecule has 0 radical (unpaired) electrons. The smallest absolute Gasteiger partial charge is 0.321 e. The minimum absolute atomic E-state index is 0.0361. The molecular formula is C16H22N2O2. The maximum absolute atomic E-state index is 12.1. The van der Waals surface area contributed by atoms with Crippen molar-refractivity contribution in [1.82, 2.24) is 10.2 Å². The van der Waals surface area contributed by atoms with Crippen LogP contribution in [-0.4, -0.2) is 29.2 Å². The molecule has 0 spiro atoms. The number of allylic oxidation sites excluding steroid dienone is 1. The molecule has 2 rings (SSSR count). The van der Waals surface area contributed by atoms with Crippen LogP contribution < -0.4 is 5.32 Å². The lowest BCUT2D eigenvalue weighted by Crippen LogP contribution is -2.39. The van der Waals surface area contributed by atoms with Gasteiger partial charge in [-0.25, -0.2) is 4.79 Å². The van der Waals surface area contributed by atoms with Crippen molar-refractivity contribution in [1.29, 1.82) is 0 Å². The largest absolute Gasteiger partial charge is 0.395 e. The van der Waals surface area contributed by atoms with E-state index in [0.29, 0.717) is 19.0 Å². The molecule has 0 unspecified atom stereocenters. The summed E-state index contributed by atoms with van der Waals surface area (Å²) < 4.78 is 0. The van der Waals surface area contributed by atoms with Crippen LogP contribution in [0.25, 0.3) is 0 Å². The summed E-state index contributed by atoms with van der Waals surface area (Å²) in [7, 11) is 0. The number of amides is 2. The Kier molecular flexibility index (Phi) is 5.18. The van der Waals surface area contributed by atoms with Crippen LogP contribution in [0.5, 0.6) is 0 Å². The second-order valence-corrected chi connectivity index (χ2v) is 5.24. The number of carbonyl (C=O) groups is 1. The SMILES string of the molecule is C/C(=C\NC(=O)N(CCO)Cc1ccccc1)C1CC1. The highest BCUT2D eigenvalue weighted by atomic mass is 16.3. The Balaban J connectivity index is 1.92. The summed E-state index contributed by atoms with van der Waals surface area (Å²) >= 11 is 0. The Labute approximate surface area is 120 Å². The van der Waals surface area contributed by atoms with Gasteiger partial charge in [0.15, 0.2) is 0 Å². The van der Waals surface area contributed by atoms with Crippen molar-refractivity contribution in [2.45, 2.75) is 26.3 Å². The minimum Gasteiger partial charge on any atom is -0.395 e. The molecule has 1 fully saturated rings. The first-order valence-corrected chi connectivity index (χ1v) is 7.07. The molecule has 0 aromatic heterocycles. The van der Waals surface area contributed by atoms with Crippen molar-refractivity contribution in [3.8, 4) is 0 Å². The number of hydrogen-bond donors (Lipinski definition) is 2. The molecule has 2 amide bonds. The van der Waals surface area contributed by atoms with E-state index in [9.17, 15) is 4.79 Å². The Bertz CT molecular complexity index is 467. The van der Waals surface area contributed by atoms with Gasteiger partial charge in [-0.05, 0) is 31.2 Å². The van der Waals surface area contributed by atoms with Crippen molar-refractivity contribution in [3.05, 3.63) is 47.7 Å². The monoisotopic (exact) mass is 274 g/mol. The van der Waals surface area contributed by atoms with E-state index < -0.39 is 0 Å². The molecule has 20 heavy (non-hydrogen) atoms. The van der Waals surface area contributed by atoms with E-state index in [4.69, 9.17) is 5.11 Å². The van der Waals surface area contributed by atoms with Crippen LogP contribution in [0, 0.1) is 5.92 Å². The molecule has 108 valence electrons. The number of benzene rings is 1. The van der Waals surface area contributed by atoms with Gasteiger partial charge in [-0.2, -0.15) is 0 Å². The Morgan fingerprint density at radius 1 is 1.40 bits per heavy atom. The molecule has 0 bridgehead atoms. The van der Waals surface area contributed by atoms with Crippen molar-refractivity contribution in [2.75, 3.05) is 13.2 Å². The van der Waals surface area contributed by atoms with Crippen molar-refractivity contribution in [2.24, 2.45) is 5.92 Å². The molecule has 1 aromatic rings. The first-order chi connectivity index (χ1) is 9.70. The molecule has 4 heteroatoms. The zero-order valence-electron chi connectivity index (χ0n) is 11.9. The van der Waals surface area contributed by atoms with Crippen LogP contribution in [0.4, 0.5) is 4.79 Å². The van der Waals surface area contributed by atoms with E-state index in [1.165, 1.54) is 18.4 Å². The first kappa shape index (κ1) is 14.6. The second-order valence-electron chi connectivity index (χ2n) is 5.24. The van der Waals surface area contributed by atoms with E-state index >= 15 is 0 Å². The fourth-order valence-electron chi connectivity index (χ4n) is 2.10. The van der Waals surface area contributed by atoms with Gasteiger partial charge in [0.2, 0.25) is 0 Å². The topological polar surface area (TPSA) is 52.6 Å². The van der Waals surface area contributed by atoms with Crippen LogP contribution in [0.15, 0.2) is 42.1 Å². The summed E-state index contributed by atoms with van der Waals surface area (Å²) in [6.07, 6.45) is 4.25. The number of aliphatic hydroxyl groups is 1. The highest BCUT2D eigenvalue weighted by Crippen LogP contribution is 2.35. The van der Waals surface area contributed by atoms with Crippen LogP contribution in [-0.2, 0) is 6.54 Å². The predicted molar refractivity (Wildman–Crippen MR) is 79.0 cm³/mol. The maximum Gasteiger partial charge on any atom is 0.321 e. The zero-order valence-corrected chi connectivity index (χ0v) is 11.9. The fraction of sp³-hybridized carbons (Fsp3) is 0.438. The second kappa shape index (κ2) is 7.10. The number of urea groups is 1. The highest BCUT2D eigenvalue weighted by molar-refractivity contribution is 5.75. The Morgan fingerprint density at radius 3 is 2.70 bits per heavy atom. The quantitative estimate of drug-likeness (QED) is 0.837. The number of carbonyl (C=O) groups excluding carboxylic acids is 1. The molecule has 1 saturated carbocycles. The summed E-state index contributed by atoms with van der Waals surface area (Å²) in [6, 6.07) is 9.62. The standard InChI is InChI=1S/C16H22N2O2/c1-13(15-7-8-15)11-17-16(20)18(9-10-19)12-14-5-3-2-4-6-14/h2-6,11,15,19H,7-10,12H2,1H3,(H,17,20)/b13-11+. The molecule has 0 saturated heterocycles. The summed E-state index contributed by atoms with van der Waals surface area (Å²) in [6.45, 7) is 2.84. The lowest BCUT2D eigenvalue weighted by atomic mass is 10.2. The van der Waals surface area contributed by atoms with Gasteiger partial charge in [-0.15, -0.1) is 0 Å². The summed E-state index contributed by atoms with van der Waals surface area (Å²) in [5, 5.41) is 11.9. The molecule has 1 aliphatic rings. The van der Waals surface area contributed by atoms with Gasteiger partial charge in [0.25, 0.3) is 0 Å². The van der Waals surface area contributed by atoms with Crippen LogP contribution in [0.3, 0.4) is 0 Å². The van der Waals surface area contributed by atoms with Gasteiger partial charge in [-0.3, -0.25) is 0 Å². The third-order valence-electron chi connectivity index (χ3n) is 3.52. The number of aliphatic hydroxyl groups excluding tert-OH is 1. The van der Waals surface area contributed by atoms with Crippen LogP contribution >= 0.6 is 0 Å². The number of nitrogens with one attached hydrogen (secondary N) is 1. The van der Waals surface area contributed by atoms with Gasteiger partial charge in [0.1, 0.15) is 0 Å². The van der Waals surface area contributed by atoms with E-state index in [-0.39, 0.29) is 12.6 Å². The average molecular weight is 274 g/mol. The fourth-order valence-corrected chi connectivity index (χ4v) is 2.10. The molecule has 4 nitrogen and oxygen atoms in total. The van der Waals surface area contributed by atoms with E-state index in [2.05, 4.69) is 5.32 Å². The van der Waals surface area contributed by atoms with Crippen molar-refractivity contribution >= 4 is 6.03 Å².